The minimum atomic E-state index is 0. The summed E-state index contributed by atoms with van der Waals surface area (Å²) in [6.45, 7) is 2.56. The second-order valence-corrected chi connectivity index (χ2v) is 9.15. The lowest BCUT2D eigenvalue weighted by atomic mass is 9.85. The van der Waals surface area contributed by atoms with E-state index in [1.54, 1.807) is 7.05 Å². The van der Waals surface area contributed by atoms with E-state index in [2.05, 4.69) is 30.7 Å². The van der Waals surface area contributed by atoms with E-state index in [1.165, 1.54) is 0 Å². The van der Waals surface area contributed by atoms with Crippen molar-refractivity contribution in [3.63, 3.8) is 0 Å². The van der Waals surface area contributed by atoms with E-state index < -0.39 is 0 Å². The number of hydrogen-bond acceptors (Lipinski definition) is 5. The summed E-state index contributed by atoms with van der Waals surface area (Å²) in [4.78, 5) is 19.2. The number of aromatic nitrogens is 3. The van der Waals surface area contributed by atoms with Crippen LogP contribution in [-0.4, -0.2) is 75.6 Å². The monoisotopic (exact) mass is 557 g/mol. The molecule has 0 radical (unpaired) electrons. The Morgan fingerprint density at radius 1 is 1.19 bits per heavy atom. The van der Waals surface area contributed by atoms with Crippen LogP contribution in [0.4, 0.5) is 0 Å². The highest BCUT2D eigenvalue weighted by Gasteiger charge is 2.30. The Morgan fingerprint density at radius 2 is 1.97 bits per heavy atom. The lowest BCUT2D eigenvalue weighted by molar-refractivity contribution is -0.136. The van der Waals surface area contributed by atoms with Gasteiger partial charge in [-0.05, 0) is 37.8 Å². The molecule has 1 aliphatic heterocycles. The van der Waals surface area contributed by atoms with Crippen molar-refractivity contribution in [3.8, 4) is 0 Å². The average molecular weight is 558 g/mol. The summed E-state index contributed by atoms with van der Waals surface area (Å²) in [6.07, 6.45) is 6.69. The van der Waals surface area contributed by atoms with Gasteiger partial charge in [0.05, 0.1) is 0 Å². The summed E-state index contributed by atoms with van der Waals surface area (Å²) in [7, 11) is 1.80. The smallest absolute Gasteiger partial charge is 0.225 e. The van der Waals surface area contributed by atoms with Gasteiger partial charge in [-0.25, -0.2) is 0 Å². The van der Waals surface area contributed by atoms with E-state index >= 15 is 0 Å². The van der Waals surface area contributed by atoms with Crippen molar-refractivity contribution >= 4 is 53.3 Å². The van der Waals surface area contributed by atoms with Crippen LogP contribution in [-0.2, 0) is 11.2 Å². The summed E-state index contributed by atoms with van der Waals surface area (Å²) in [6, 6.07) is 6.27. The number of carbonyl (C=O) groups is 1. The molecule has 2 aromatic rings. The van der Waals surface area contributed by atoms with Gasteiger partial charge in [-0.15, -0.1) is 34.2 Å². The Bertz CT molecular complexity index is 875. The predicted octanol–water partition coefficient (Wildman–Crippen LogP) is 2.19. The molecule has 31 heavy (non-hydrogen) atoms. The maximum absolute atomic E-state index is 12.7. The second kappa shape index (κ2) is 11.9. The van der Waals surface area contributed by atoms with Gasteiger partial charge in [-0.1, -0.05) is 6.07 Å². The topological polar surface area (TPSA) is 86.9 Å². The van der Waals surface area contributed by atoms with Crippen LogP contribution < -0.4 is 10.6 Å². The first-order valence-electron chi connectivity index (χ1n) is 10.9. The van der Waals surface area contributed by atoms with Crippen LogP contribution >= 0.6 is 35.7 Å². The number of thioether (sulfide) groups is 1. The molecule has 1 saturated heterocycles. The van der Waals surface area contributed by atoms with Gasteiger partial charge in [0.15, 0.2) is 11.6 Å². The summed E-state index contributed by atoms with van der Waals surface area (Å²) in [5.74, 6) is 4.47. The largest absolute Gasteiger partial charge is 0.356 e. The summed E-state index contributed by atoms with van der Waals surface area (Å²) in [5.41, 5.74) is 0.865. The Labute approximate surface area is 205 Å². The molecule has 3 heterocycles. The minimum Gasteiger partial charge on any atom is -0.356 e. The molecule has 0 unspecified atom stereocenters. The third-order valence-corrected chi connectivity index (χ3v) is 6.93. The lowest BCUT2D eigenvalue weighted by Crippen LogP contribution is -2.47. The molecule has 2 N–H and O–H groups in total. The van der Waals surface area contributed by atoms with Gasteiger partial charge < -0.3 is 15.5 Å². The maximum atomic E-state index is 12.7. The van der Waals surface area contributed by atoms with Crippen LogP contribution in [0.5, 0.6) is 0 Å². The van der Waals surface area contributed by atoms with Crippen molar-refractivity contribution in [2.45, 2.75) is 38.1 Å². The maximum Gasteiger partial charge on any atom is 0.225 e. The van der Waals surface area contributed by atoms with Crippen LogP contribution in [0.15, 0.2) is 29.4 Å². The van der Waals surface area contributed by atoms with Crippen molar-refractivity contribution in [1.82, 2.24) is 30.1 Å². The molecule has 10 heteroatoms. The molecule has 0 bridgehead atoms. The number of nitrogens with one attached hydrogen (secondary N) is 2. The van der Waals surface area contributed by atoms with Gasteiger partial charge in [-0.3, -0.25) is 14.2 Å². The molecule has 170 valence electrons. The fourth-order valence-electron chi connectivity index (χ4n) is 4.27. The summed E-state index contributed by atoms with van der Waals surface area (Å²) in [5, 5.41) is 15.4. The quantitative estimate of drug-likeness (QED) is 0.333. The zero-order valence-corrected chi connectivity index (χ0v) is 21.1. The number of fused-ring (bicyclic) bond motifs is 1. The molecular formula is C21H32IN7OS. The molecule has 2 fully saturated rings. The van der Waals surface area contributed by atoms with Gasteiger partial charge >= 0.3 is 0 Å². The standard InChI is InChI=1S/C21H31N7OS.HI/c1-22-21(23-10-9-19-26-25-18-4-2-3-11-28(18)19)24-17-7-5-16(6-8-17)20(29)27-12-14-30-15-13-27;/h2-4,11,16-17H,5-10,12-15H2,1H3,(H2,22,23,24);1H. The van der Waals surface area contributed by atoms with E-state index in [9.17, 15) is 4.79 Å². The molecule has 0 spiro atoms. The summed E-state index contributed by atoms with van der Waals surface area (Å²) < 4.78 is 2.01. The van der Waals surface area contributed by atoms with Crippen LogP contribution in [0.1, 0.15) is 31.5 Å². The Balaban J connectivity index is 0.00000272. The van der Waals surface area contributed by atoms with E-state index in [0.29, 0.717) is 11.9 Å². The van der Waals surface area contributed by atoms with Gasteiger partial charge in [0.2, 0.25) is 5.91 Å². The molecule has 1 amide bonds. The number of carbonyl (C=O) groups excluding carboxylic acids is 1. The van der Waals surface area contributed by atoms with E-state index in [-0.39, 0.29) is 29.9 Å². The van der Waals surface area contributed by atoms with Gasteiger partial charge in [-0.2, -0.15) is 11.8 Å². The molecule has 8 nitrogen and oxygen atoms in total. The average Bonchev–Trinajstić information content (AvgIpc) is 3.22. The molecule has 2 aromatic heterocycles. The van der Waals surface area contributed by atoms with Crippen LogP contribution in [0, 0.1) is 5.92 Å². The van der Waals surface area contributed by atoms with Crippen LogP contribution in [0.25, 0.3) is 5.65 Å². The van der Waals surface area contributed by atoms with Crippen LogP contribution in [0.2, 0.25) is 0 Å². The molecule has 1 aliphatic carbocycles. The highest BCUT2D eigenvalue weighted by atomic mass is 127. The number of amides is 1. The number of hydrogen-bond donors (Lipinski definition) is 2. The minimum absolute atomic E-state index is 0. The zero-order valence-electron chi connectivity index (χ0n) is 18.0. The molecule has 2 aliphatic rings. The molecule has 1 saturated carbocycles. The first-order valence-corrected chi connectivity index (χ1v) is 12.0. The highest BCUT2D eigenvalue weighted by molar-refractivity contribution is 14.0. The normalized spacial score (nSPS) is 22.1. The molecule has 4 rings (SSSR count). The molecule has 0 atom stereocenters. The van der Waals surface area contributed by atoms with Gasteiger partial charge in [0.25, 0.3) is 0 Å². The highest BCUT2D eigenvalue weighted by Crippen LogP contribution is 2.27. The molecular weight excluding hydrogens is 525 g/mol. The lowest BCUT2D eigenvalue weighted by Gasteiger charge is -2.34. The number of guanidine groups is 1. The third-order valence-electron chi connectivity index (χ3n) is 5.99. The fraction of sp³-hybridized carbons (Fsp3) is 0.619. The zero-order chi connectivity index (χ0) is 20.8. The number of pyridine rings is 1. The number of nitrogens with zero attached hydrogens (tertiary/aromatic N) is 5. The SMILES string of the molecule is CN=C(NCCc1nnc2ccccn12)NC1CCC(C(=O)N2CCSCC2)CC1.I. The number of aliphatic imine (C=N–C) groups is 1. The summed E-state index contributed by atoms with van der Waals surface area (Å²) >= 11 is 1.95. The fourth-order valence-corrected chi connectivity index (χ4v) is 5.17. The number of halogens is 1. The molecule has 0 aromatic carbocycles. The van der Waals surface area contributed by atoms with Gasteiger partial charge in [0, 0.05) is 62.8 Å². The Hall–Kier alpha value is -1.56. The number of rotatable bonds is 5. The van der Waals surface area contributed by atoms with Gasteiger partial charge in [0.1, 0.15) is 5.82 Å². The van der Waals surface area contributed by atoms with E-state index in [1.807, 2.05) is 40.6 Å². The predicted molar refractivity (Wildman–Crippen MR) is 136 cm³/mol. The van der Waals surface area contributed by atoms with Crippen molar-refractivity contribution in [1.29, 1.82) is 0 Å². The van der Waals surface area contributed by atoms with Crippen molar-refractivity contribution in [3.05, 3.63) is 30.2 Å². The van der Waals surface area contributed by atoms with Crippen molar-refractivity contribution < 1.29 is 4.79 Å². The first kappa shape index (κ1) is 24.1. The Kier molecular flexibility index (Phi) is 9.24. The third kappa shape index (κ3) is 6.24. The van der Waals surface area contributed by atoms with E-state index in [4.69, 9.17) is 0 Å². The second-order valence-electron chi connectivity index (χ2n) is 7.92. The van der Waals surface area contributed by atoms with Crippen molar-refractivity contribution in [2.75, 3.05) is 38.2 Å². The Morgan fingerprint density at radius 3 is 2.71 bits per heavy atom. The van der Waals surface area contributed by atoms with Crippen molar-refractivity contribution in [2.24, 2.45) is 10.9 Å². The van der Waals surface area contributed by atoms with E-state index in [0.717, 1.165) is 80.7 Å². The van der Waals surface area contributed by atoms with Crippen LogP contribution in [0.3, 0.4) is 0 Å². The first-order chi connectivity index (χ1) is 14.7.